The van der Waals surface area contributed by atoms with Crippen LogP contribution < -0.4 is 16.4 Å². The highest BCUT2D eigenvalue weighted by Crippen LogP contribution is 2.55. The molecule has 0 saturated carbocycles. The van der Waals surface area contributed by atoms with Gasteiger partial charge < -0.3 is 35.1 Å². The monoisotopic (exact) mass is 778 g/mol. The molecule has 3 atom stereocenters. The number of carbonyl (C=O) groups excluding carboxylic acids is 3. The van der Waals surface area contributed by atoms with Gasteiger partial charge >= 0.3 is 6.09 Å². The number of nitrogens with zero attached hydrogens (tertiary/aromatic N) is 1. The van der Waals surface area contributed by atoms with E-state index in [9.17, 15) is 23.5 Å². The van der Waals surface area contributed by atoms with E-state index < -0.39 is 32.3 Å². The molecule has 0 spiro atoms. The van der Waals surface area contributed by atoms with Gasteiger partial charge in [0.15, 0.2) is 0 Å². The van der Waals surface area contributed by atoms with Crippen molar-refractivity contribution in [3.63, 3.8) is 0 Å². The van der Waals surface area contributed by atoms with E-state index in [4.69, 9.17) is 19.5 Å². The number of carbonyl (C=O) groups is 3. The van der Waals surface area contributed by atoms with Gasteiger partial charge in [0.25, 0.3) is 5.91 Å². The molecule has 0 aliphatic carbocycles. The second kappa shape index (κ2) is 23.7. The Morgan fingerprint density at radius 3 is 2.00 bits per heavy atom. The summed E-state index contributed by atoms with van der Waals surface area (Å²) in [6, 6.07) is 18.7. The first kappa shape index (κ1) is 46.1. The summed E-state index contributed by atoms with van der Waals surface area (Å²) in [4.78, 5) is 43.0. The SMILES string of the molecule is CO[P@@](=O)(CCCCN)C[C@](CC(C)C)(C(=O)Nc1ccccc1)N(C[P@@](=O)(CCCCNC(=O)OCC(C)C)OC)C(=O)CCCc1ccccc1. The molecule has 0 fully saturated rings. The van der Waals surface area contributed by atoms with Crippen LogP contribution in [-0.2, 0) is 38.9 Å². The van der Waals surface area contributed by atoms with Crippen LogP contribution in [0, 0.1) is 11.8 Å². The van der Waals surface area contributed by atoms with Crippen LogP contribution in [0.5, 0.6) is 0 Å². The number of rotatable bonds is 26. The van der Waals surface area contributed by atoms with Gasteiger partial charge in [0.1, 0.15) is 5.54 Å². The van der Waals surface area contributed by atoms with Crippen molar-refractivity contribution in [1.82, 2.24) is 10.2 Å². The molecular weight excluding hydrogens is 714 g/mol. The van der Waals surface area contributed by atoms with E-state index in [0.29, 0.717) is 63.9 Å². The number of aryl methyl sites for hydroxylation is 1. The molecule has 2 rings (SSSR count). The number of anilines is 1. The first-order valence-electron chi connectivity index (χ1n) is 18.8. The zero-order valence-corrected chi connectivity index (χ0v) is 34.5. The fraction of sp³-hybridized carbons (Fsp3) is 0.615. The lowest BCUT2D eigenvalue weighted by Crippen LogP contribution is -2.62. The smallest absolute Gasteiger partial charge is 0.407 e. The number of alkyl carbamates (subject to hydrolysis) is 1. The molecule has 2 aromatic carbocycles. The summed E-state index contributed by atoms with van der Waals surface area (Å²) in [5.41, 5.74) is 5.63. The third-order valence-corrected chi connectivity index (χ3v) is 14.0. The van der Waals surface area contributed by atoms with Crippen molar-refractivity contribution < 1.29 is 37.3 Å². The summed E-state index contributed by atoms with van der Waals surface area (Å²) in [6.07, 6.45) is 2.44. The predicted octanol–water partition coefficient (Wildman–Crippen LogP) is 7.97. The Hall–Kier alpha value is -3.01. The first-order chi connectivity index (χ1) is 25.2. The van der Waals surface area contributed by atoms with Gasteiger partial charge in [0, 0.05) is 45.2 Å². The van der Waals surface area contributed by atoms with E-state index in [1.54, 1.807) is 24.3 Å². The summed E-state index contributed by atoms with van der Waals surface area (Å²) in [7, 11) is -4.45. The Labute approximate surface area is 317 Å². The number of ether oxygens (including phenoxy) is 1. The van der Waals surface area contributed by atoms with Gasteiger partial charge in [-0.3, -0.25) is 18.7 Å². The van der Waals surface area contributed by atoms with Crippen molar-refractivity contribution in [3.05, 3.63) is 66.2 Å². The lowest BCUT2D eigenvalue weighted by atomic mass is 9.87. The van der Waals surface area contributed by atoms with Crippen LogP contribution in [0.3, 0.4) is 0 Å². The number of benzene rings is 2. The average Bonchev–Trinajstić information content (AvgIpc) is 3.13. The van der Waals surface area contributed by atoms with E-state index in [0.717, 1.165) is 5.56 Å². The van der Waals surface area contributed by atoms with Crippen LogP contribution in [0.4, 0.5) is 10.5 Å². The number of nitrogens with two attached hydrogens (primary N) is 1. The molecule has 12 nitrogen and oxygen atoms in total. The standard InChI is InChI=1S/C39H64N4O8P2/c1-32(2)28-39(30-52(47,49-5)26-15-13-24-40,37(45)42-35-21-11-8-12-22-35)43(36(44)23-17-20-34-18-9-7-10-19-34)31-53(48,50-6)27-16-14-25-41-38(46)51-29-33(3)4/h7-12,18-19,21-22,32-33H,13-17,20,23-31,40H2,1-6H3,(H,41,46)(H,42,45)/t39-,52+,53-/m1/s1. The van der Waals surface area contributed by atoms with Gasteiger partial charge in [-0.05, 0) is 81.0 Å². The van der Waals surface area contributed by atoms with Crippen LogP contribution in [0.25, 0.3) is 0 Å². The zero-order chi connectivity index (χ0) is 39.3. The predicted molar refractivity (Wildman–Crippen MR) is 214 cm³/mol. The van der Waals surface area contributed by atoms with Gasteiger partial charge in [0.05, 0.1) is 19.1 Å². The Bertz CT molecular complexity index is 1480. The Balaban J connectivity index is 2.58. The van der Waals surface area contributed by atoms with E-state index in [-0.39, 0.29) is 55.4 Å². The van der Waals surface area contributed by atoms with Crippen LogP contribution >= 0.6 is 14.7 Å². The number of hydrogen-bond acceptors (Lipinski definition) is 9. The molecule has 0 bridgehead atoms. The van der Waals surface area contributed by atoms with E-state index in [1.807, 2.05) is 64.1 Å². The average molecular weight is 779 g/mol. The molecule has 0 heterocycles. The maximum absolute atomic E-state index is 14.9. The zero-order valence-electron chi connectivity index (χ0n) is 32.7. The largest absolute Gasteiger partial charge is 0.449 e. The maximum Gasteiger partial charge on any atom is 0.407 e. The van der Waals surface area contributed by atoms with Crippen LogP contribution in [0.15, 0.2) is 60.7 Å². The minimum absolute atomic E-state index is 0.0595. The number of hydrogen-bond donors (Lipinski definition) is 3. The quantitative estimate of drug-likeness (QED) is 0.0634. The molecule has 3 amide bonds. The van der Waals surface area contributed by atoms with Gasteiger partial charge in [-0.15, -0.1) is 0 Å². The maximum atomic E-state index is 14.9. The van der Waals surface area contributed by atoms with E-state index >= 15 is 0 Å². The summed E-state index contributed by atoms with van der Waals surface area (Å²) >= 11 is 0. The molecule has 14 heteroatoms. The second-order valence-corrected chi connectivity index (χ2v) is 20.0. The fourth-order valence-electron chi connectivity index (χ4n) is 6.19. The fourth-order valence-corrected chi connectivity index (χ4v) is 10.6. The molecule has 298 valence electrons. The molecule has 4 N–H and O–H groups in total. The number of amides is 3. The van der Waals surface area contributed by atoms with Gasteiger partial charge in [-0.25, -0.2) is 4.79 Å². The minimum Gasteiger partial charge on any atom is -0.449 e. The molecule has 53 heavy (non-hydrogen) atoms. The summed E-state index contributed by atoms with van der Waals surface area (Å²) in [5, 5.41) is 5.71. The normalized spacial score (nSPS) is 14.9. The topological polar surface area (TPSA) is 166 Å². The highest BCUT2D eigenvalue weighted by molar-refractivity contribution is 7.59. The highest BCUT2D eigenvalue weighted by atomic mass is 31.2. The summed E-state index contributed by atoms with van der Waals surface area (Å²) in [6.45, 7) is 8.78. The van der Waals surface area contributed by atoms with Gasteiger partial charge in [-0.1, -0.05) is 76.2 Å². The summed E-state index contributed by atoms with van der Waals surface area (Å²) in [5.74, 6) is -0.856. The molecular formula is C39H64N4O8P2. The number of unbranched alkanes of at least 4 members (excludes halogenated alkanes) is 2. The van der Waals surface area contributed by atoms with Gasteiger partial charge in [0.2, 0.25) is 20.6 Å². The second-order valence-electron chi connectivity index (χ2n) is 14.5. The minimum atomic E-state index is -3.62. The molecule has 0 aromatic heterocycles. The molecule has 0 aliphatic heterocycles. The molecule has 0 radical (unpaired) electrons. The summed E-state index contributed by atoms with van der Waals surface area (Å²) < 4.78 is 45.9. The molecule has 0 aliphatic rings. The van der Waals surface area contributed by atoms with Crippen molar-refractivity contribution in [1.29, 1.82) is 0 Å². The van der Waals surface area contributed by atoms with Crippen LogP contribution in [0.2, 0.25) is 0 Å². The lowest BCUT2D eigenvalue weighted by Gasteiger charge is -2.46. The highest BCUT2D eigenvalue weighted by Gasteiger charge is 2.52. The number of para-hydroxylation sites is 1. The van der Waals surface area contributed by atoms with Crippen molar-refractivity contribution >= 4 is 38.3 Å². The van der Waals surface area contributed by atoms with Crippen LogP contribution in [0.1, 0.15) is 78.2 Å². The van der Waals surface area contributed by atoms with Crippen LogP contribution in [-0.4, -0.2) is 87.0 Å². The Morgan fingerprint density at radius 2 is 1.42 bits per heavy atom. The van der Waals surface area contributed by atoms with Crippen molar-refractivity contribution in [3.8, 4) is 0 Å². The van der Waals surface area contributed by atoms with Crippen molar-refractivity contribution in [2.75, 3.05) is 64.0 Å². The third kappa shape index (κ3) is 16.5. The third-order valence-electron chi connectivity index (χ3n) is 8.94. The molecule has 2 aromatic rings. The first-order valence-corrected chi connectivity index (χ1v) is 22.8. The molecule has 0 saturated heterocycles. The lowest BCUT2D eigenvalue weighted by molar-refractivity contribution is -0.144. The van der Waals surface area contributed by atoms with Gasteiger partial charge in [-0.2, -0.15) is 0 Å². The van der Waals surface area contributed by atoms with E-state index in [1.165, 1.54) is 19.1 Å². The van der Waals surface area contributed by atoms with Crippen molar-refractivity contribution in [2.45, 2.75) is 84.6 Å². The number of nitrogens with one attached hydrogen (secondary N) is 2. The van der Waals surface area contributed by atoms with Crippen molar-refractivity contribution in [2.24, 2.45) is 17.6 Å². The Kier molecular flexibility index (Phi) is 20.6. The van der Waals surface area contributed by atoms with E-state index in [2.05, 4.69) is 10.6 Å². The molecule has 0 unspecified atom stereocenters. The Morgan fingerprint density at radius 1 is 0.811 bits per heavy atom.